The Hall–Kier alpha value is -0.0900. The van der Waals surface area contributed by atoms with Crippen LogP contribution in [0.25, 0.3) is 0 Å². The lowest BCUT2D eigenvalue weighted by Crippen LogP contribution is -2.36. The van der Waals surface area contributed by atoms with Gasteiger partial charge in [-0.25, -0.2) is 0 Å². The second-order valence-electron chi connectivity index (χ2n) is 3.92. The minimum absolute atomic E-state index is 0.337. The van der Waals surface area contributed by atoms with Crippen molar-refractivity contribution in [2.45, 2.75) is 32.0 Å². The predicted molar refractivity (Wildman–Crippen MR) is 61.8 cm³/mol. The summed E-state index contributed by atoms with van der Waals surface area (Å²) in [6.07, 6.45) is 1.11. The van der Waals surface area contributed by atoms with Crippen molar-refractivity contribution < 1.29 is 0 Å². The van der Waals surface area contributed by atoms with Crippen LogP contribution in [0.2, 0.25) is 4.34 Å². The molecular formula is C10H15ClN2S. The molecular weight excluding hydrogens is 216 g/mol. The van der Waals surface area contributed by atoms with E-state index in [1.54, 1.807) is 11.3 Å². The summed E-state index contributed by atoms with van der Waals surface area (Å²) in [5.74, 6) is 0. The lowest BCUT2D eigenvalue weighted by atomic mass is 10.1. The van der Waals surface area contributed by atoms with E-state index in [4.69, 9.17) is 17.3 Å². The van der Waals surface area contributed by atoms with Crippen molar-refractivity contribution in [1.82, 2.24) is 4.90 Å². The number of nitrogens with two attached hydrogens (primary N) is 1. The number of likely N-dealkylation sites (tertiary alicyclic amines) is 1. The van der Waals surface area contributed by atoms with Crippen LogP contribution in [-0.2, 0) is 6.54 Å². The number of thiophene rings is 1. The van der Waals surface area contributed by atoms with Crippen LogP contribution in [0.1, 0.15) is 18.9 Å². The first-order chi connectivity index (χ1) is 6.66. The molecule has 0 amide bonds. The van der Waals surface area contributed by atoms with E-state index in [9.17, 15) is 0 Å². The smallest absolute Gasteiger partial charge is 0.0931 e. The van der Waals surface area contributed by atoms with Gasteiger partial charge in [0.25, 0.3) is 0 Å². The molecule has 2 rings (SSSR count). The van der Waals surface area contributed by atoms with Gasteiger partial charge in [-0.1, -0.05) is 11.6 Å². The van der Waals surface area contributed by atoms with Gasteiger partial charge < -0.3 is 5.73 Å². The quantitative estimate of drug-likeness (QED) is 0.845. The molecule has 0 radical (unpaired) electrons. The lowest BCUT2D eigenvalue weighted by Gasteiger charge is -2.22. The van der Waals surface area contributed by atoms with Crippen molar-refractivity contribution in [3.8, 4) is 0 Å². The van der Waals surface area contributed by atoms with E-state index in [0.29, 0.717) is 12.1 Å². The van der Waals surface area contributed by atoms with Crippen LogP contribution in [0.15, 0.2) is 11.4 Å². The third-order valence-corrected chi connectivity index (χ3v) is 4.09. The fourth-order valence-electron chi connectivity index (χ4n) is 1.92. The van der Waals surface area contributed by atoms with Crippen LogP contribution in [-0.4, -0.2) is 23.5 Å². The van der Waals surface area contributed by atoms with Gasteiger partial charge in [-0.05, 0) is 30.4 Å². The lowest BCUT2D eigenvalue weighted by molar-refractivity contribution is 0.252. The van der Waals surface area contributed by atoms with E-state index in [1.807, 2.05) is 6.07 Å². The van der Waals surface area contributed by atoms with Crippen molar-refractivity contribution in [2.24, 2.45) is 5.73 Å². The zero-order valence-electron chi connectivity index (χ0n) is 8.24. The van der Waals surface area contributed by atoms with E-state index >= 15 is 0 Å². The van der Waals surface area contributed by atoms with E-state index in [-0.39, 0.29) is 0 Å². The molecule has 1 aromatic rings. The molecule has 0 aliphatic carbocycles. The molecule has 2 heterocycles. The first-order valence-corrected chi connectivity index (χ1v) is 6.15. The van der Waals surface area contributed by atoms with Gasteiger partial charge in [0.2, 0.25) is 0 Å². The highest BCUT2D eigenvalue weighted by Crippen LogP contribution is 2.24. The highest BCUT2D eigenvalue weighted by molar-refractivity contribution is 7.14. The first-order valence-electron chi connectivity index (χ1n) is 4.89. The molecule has 4 heteroatoms. The maximum atomic E-state index is 5.96. The Kier molecular flexibility index (Phi) is 3.12. The van der Waals surface area contributed by atoms with Gasteiger partial charge in [0.05, 0.1) is 4.34 Å². The molecule has 1 fully saturated rings. The van der Waals surface area contributed by atoms with Crippen LogP contribution in [0, 0.1) is 0 Å². The summed E-state index contributed by atoms with van der Waals surface area (Å²) in [6.45, 7) is 4.29. The molecule has 2 atom stereocenters. The molecule has 0 bridgehead atoms. The van der Waals surface area contributed by atoms with Crippen LogP contribution in [0.5, 0.6) is 0 Å². The van der Waals surface area contributed by atoms with Crippen molar-refractivity contribution in [1.29, 1.82) is 0 Å². The fraction of sp³-hybridized carbons (Fsp3) is 0.600. The van der Waals surface area contributed by atoms with Gasteiger partial charge in [-0.3, -0.25) is 4.90 Å². The summed E-state index contributed by atoms with van der Waals surface area (Å²) in [5, 5.41) is 2.12. The summed E-state index contributed by atoms with van der Waals surface area (Å²) in [7, 11) is 0. The van der Waals surface area contributed by atoms with Gasteiger partial charge in [0.1, 0.15) is 0 Å². The number of hydrogen-bond acceptors (Lipinski definition) is 3. The maximum absolute atomic E-state index is 5.96. The van der Waals surface area contributed by atoms with Gasteiger partial charge in [0, 0.05) is 25.2 Å². The highest BCUT2D eigenvalue weighted by atomic mass is 35.5. The van der Waals surface area contributed by atoms with Crippen molar-refractivity contribution in [3.05, 3.63) is 21.3 Å². The van der Waals surface area contributed by atoms with Gasteiger partial charge in [0.15, 0.2) is 0 Å². The van der Waals surface area contributed by atoms with E-state index < -0.39 is 0 Å². The Bertz CT molecular complexity index is 313. The topological polar surface area (TPSA) is 29.3 Å². The van der Waals surface area contributed by atoms with E-state index in [1.165, 1.54) is 5.56 Å². The van der Waals surface area contributed by atoms with Gasteiger partial charge in [-0.2, -0.15) is 0 Å². The monoisotopic (exact) mass is 230 g/mol. The van der Waals surface area contributed by atoms with E-state index in [2.05, 4.69) is 17.2 Å². The maximum Gasteiger partial charge on any atom is 0.0931 e. The number of halogens is 1. The molecule has 2 N–H and O–H groups in total. The third kappa shape index (κ3) is 2.11. The van der Waals surface area contributed by atoms with Crippen molar-refractivity contribution in [3.63, 3.8) is 0 Å². The predicted octanol–water partition coefficient (Wildman–Crippen LogP) is 2.32. The van der Waals surface area contributed by atoms with Gasteiger partial charge >= 0.3 is 0 Å². The summed E-state index contributed by atoms with van der Waals surface area (Å²) in [4.78, 5) is 2.42. The van der Waals surface area contributed by atoms with Crippen molar-refractivity contribution in [2.75, 3.05) is 6.54 Å². The first kappa shape index (κ1) is 10.4. The molecule has 1 aliphatic heterocycles. The van der Waals surface area contributed by atoms with Gasteiger partial charge in [-0.15, -0.1) is 11.3 Å². The normalized spacial score (nSPS) is 28.5. The molecule has 0 spiro atoms. The zero-order chi connectivity index (χ0) is 10.1. The SMILES string of the molecule is CC1C(N)CCN1Cc1csc(Cl)c1. The number of rotatable bonds is 2. The molecule has 2 unspecified atom stereocenters. The van der Waals surface area contributed by atoms with Crippen LogP contribution < -0.4 is 5.73 Å². The van der Waals surface area contributed by atoms with E-state index in [0.717, 1.165) is 23.8 Å². The summed E-state index contributed by atoms with van der Waals surface area (Å²) < 4.78 is 0.871. The second kappa shape index (κ2) is 4.19. The Morgan fingerprint density at radius 2 is 2.50 bits per heavy atom. The second-order valence-corrected chi connectivity index (χ2v) is 5.47. The summed E-state index contributed by atoms with van der Waals surface area (Å²) in [6, 6.07) is 2.88. The molecule has 0 aromatic carbocycles. The Labute approximate surface area is 93.7 Å². The van der Waals surface area contributed by atoms with Crippen molar-refractivity contribution >= 4 is 22.9 Å². The number of nitrogens with zero attached hydrogens (tertiary/aromatic N) is 1. The largest absolute Gasteiger partial charge is 0.326 e. The zero-order valence-corrected chi connectivity index (χ0v) is 9.81. The molecule has 2 nitrogen and oxygen atoms in total. The Morgan fingerprint density at radius 1 is 1.71 bits per heavy atom. The number of hydrogen-bond donors (Lipinski definition) is 1. The van der Waals surface area contributed by atoms with Crippen LogP contribution in [0.4, 0.5) is 0 Å². The molecule has 78 valence electrons. The highest BCUT2D eigenvalue weighted by Gasteiger charge is 2.27. The minimum Gasteiger partial charge on any atom is -0.326 e. The Morgan fingerprint density at radius 3 is 3.00 bits per heavy atom. The molecule has 1 saturated heterocycles. The third-order valence-electron chi connectivity index (χ3n) is 2.95. The average Bonchev–Trinajstić information content (AvgIpc) is 2.67. The summed E-state index contributed by atoms with van der Waals surface area (Å²) >= 11 is 7.48. The Balaban J connectivity index is 1.98. The van der Waals surface area contributed by atoms with Crippen LogP contribution in [0.3, 0.4) is 0 Å². The molecule has 14 heavy (non-hydrogen) atoms. The molecule has 1 aromatic heterocycles. The molecule has 1 aliphatic rings. The molecule has 0 saturated carbocycles. The minimum atomic E-state index is 0.337. The average molecular weight is 231 g/mol. The van der Waals surface area contributed by atoms with Crippen LogP contribution >= 0.6 is 22.9 Å². The summed E-state index contributed by atoms with van der Waals surface area (Å²) in [5.41, 5.74) is 7.27. The fourth-order valence-corrected chi connectivity index (χ4v) is 2.82. The standard InChI is InChI=1S/C10H15ClN2S/c1-7-9(12)2-3-13(7)5-8-4-10(11)14-6-8/h4,6-7,9H,2-3,5,12H2,1H3.